The van der Waals surface area contributed by atoms with E-state index in [-0.39, 0.29) is 12.6 Å². The molecule has 0 aliphatic rings. The van der Waals surface area contributed by atoms with Gasteiger partial charge in [-0.2, -0.15) is 5.10 Å². The molecule has 0 aliphatic heterocycles. The molecule has 0 aliphatic carbocycles. The van der Waals surface area contributed by atoms with Gasteiger partial charge >= 0.3 is 0 Å². The molecule has 5 heteroatoms. The van der Waals surface area contributed by atoms with Crippen LogP contribution in [-0.4, -0.2) is 33.6 Å². The normalized spacial score (nSPS) is 13.4. The molecule has 1 aromatic heterocycles. The summed E-state index contributed by atoms with van der Waals surface area (Å²) in [5.74, 6) is 0. The van der Waals surface area contributed by atoms with Crippen LogP contribution in [0.15, 0.2) is 6.20 Å². The summed E-state index contributed by atoms with van der Waals surface area (Å²) in [6, 6.07) is 0.489. The fraction of sp³-hybridized carbons (Fsp3) is 0.727. The second kappa shape index (κ2) is 6.23. The molecule has 0 fully saturated rings. The minimum atomic E-state index is 0.114. The maximum Gasteiger partial charge on any atom is 0.0814 e. The average molecular weight is 246 g/mol. The Morgan fingerprint density at radius 1 is 1.56 bits per heavy atom. The molecule has 1 heterocycles. The summed E-state index contributed by atoms with van der Waals surface area (Å²) in [7, 11) is 0. The first-order chi connectivity index (χ1) is 7.52. The summed E-state index contributed by atoms with van der Waals surface area (Å²) >= 11 is 5.91. The van der Waals surface area contributed by atoms with E-state index in [1.54, 1.807) is 0 Å². The summed E-state index contributed by atoms with van der Waals surface area (Å²) in [5, 5.41) is 17.5. The van der Waals surface area contributed by atoms with E-state index in [0.717, 1.165) is 18.7 Å². The van der Waals surface area contributed by atoms with Gasteiger partial charge < -0.3 is 10.4 Å². The molecule has 92 valence electrons. The number of aromatic nitrogens is 2. The maximum atomic E-state index is 9.19. The number of aryl methyl sites for hydroxylation is 2. The van der Waals surface area contributed by atoms with Crippen molar-refractivity contribution in [3.05, 3.63) is 16.9 Å². The van der Waals surface area contributed by atoms with Gasteiger partial charge in [0, 0.05) is 24.8 Å². The van der Waals surface area contributed by atoms with Gasteiger partial charge in [0.25, 0.3) is 0 Å². The Hall–Kier alpha value is -0.580. The van der Waals surface area contributed by atoms with Crippen LogP contribution in [0.4, 0.5) is 0 Å². The predicted octanol–water partition coefficient (Wildman–Crippen LogP) is 1.59. The SMILES string of the molecule is Cc1nn(CCC(CO)NC(C)C)cc1Cl. The van der Waals surface area contributed by atoms with Crippen molar-refractivity contribution in [1.82, 2.24) is 15.1 Å². The molecule has 1 rings (SSSR count). The summed E-state index contributed by atoms with van der Waals surface area (Å²) in [5.41, 5.74) is 0.846. The Balaban J connectivity index is 2.43. The van der Waals surface area contributed by atoms with E-state index in [2.05, 4.69) is 24.3 Å². The predicted molar refractivity (Wildman–Crippen MR) is 65.7 cm³/mol. The quantitative estimate of drug-likeness (QED) is 0.801. The molecule has 0 radical (unpaired) electrons. The number of nitrogens with one attached hydrogen (secondary N) is 1. The summed E-state index contributed by atoms with van der Waals surface area (Å²) in [6.07, 6.45) is 2.66. The fourth-order valence-electron chi connectivity index (χ4n) is 1.59. The maximum absolute atomic E-state index is 9.19. The number of hydrogen-bond acceptors (Lipinski definition) is 3. The van der Waals surface area contributed by atoms with Crippen LogP contribution in [0.3, 0.4) is 0 Å². The average Bonchev–Trinajstić information content (AvgIpc) is 2.53. The second-order valence-corrected chi connectivity index (χ2v) is 4.72. The summed E-state index contributed by atoms with van der Waals surface area (Å²) in [4.78, 5) is 0. The highest BCUT2D eigenvalue weighted by molar-refractivity contribution is 6.31. The standard InChI is InChI=1S/C11H20ClN3O/c1-8(2)13-10(7-16)4-5-15-6-11(12)9(3)14-15/h6,8,10,13,16H,4-5,7H2,1-3H3. The number of hydrogen-bond donors (Lipinski definition) is 2. The van der Waals surface area contributed by atoms with E-state index in [4.69, 9.17) is 11.6 Å². The van der Waals surface area contributed by atoms with Gasteiger partial charge in [-0.3, -0.25) is 4.68 Å². The Morgan fingerprint density at radius 2 is 2.25 bits per heavy atom. The number of nitrogens with zero attached hydrogens (tertiary/aromatic N) is 2. The van der Waals surface area contributed by atoms with Crippen molar-refractivity contribution in [2.75, 3.05) is 6.61 Å². The van der Waals surface area contributed by atoms with E-state index >= 15 is 0 Å². The molecular formula is C11H20ClN3O. The van der Waals surface area contributed by atoms with E-state index in [1.165, 1.54) is 0 Å². The number of aliphatic hydroxyl groups is 1. The van der Waals surface area contributed by atoms with Gasteiger partial charge in [0.2, 0.25) is 0 Å². The number of rotatable bonds is 6. The van der Waals surface area contributed by atoms with Crippen molar-refractivity contribution in [2.45, 2.75) is 45.8 Å². The molecule has 16 heavy (non-hydrogen) atoms. The van der Waals surface area contributed by atoms with Crippen molar-refractivity contribution < 1.29 is 5.11 Å². The van der Waals surface area contributed by atoms with Crippen molar-refractivity contribution >= 4 is 11.6 Å². The van der Waals surface area contributed by atoms with Crippen LogP contribution in [0.25, 0.3) is 0 Å². The monoisotopic (exact) mass is 245 g/mol. The Kier molecular flexibility index (Phi) is 5.25. The zero-order valence-corrected chi connectivity index (χ0v) is 10.8. The van der Waals surface area contributed by atoms with Gasteiger partial charge in [0.1, 0.15) is 0 Å². The Bertz CT molecular complexity index is 306. The molecule has 0 saturated heterocycles. The smallest absolute Gasteiger partial charge is 0.0814 e. The molecule has 1 aromatic rings. The third-order valence-electron chi connectivity index (χ3n) is 2.38. The number of aliphatic hydroxyl groups excluding tert-OH is 1. The van der Waals surface area contributed by atoms with Crippen LogP contribution in [0.1, 0.15) is 26.0 Å². The van der Waals surface area contributed by atoms with Crippen LogP contribution >= 0.6 is 11.6 Å². The zero-order chi connectivity index (χ0) is 12.1. The molecule has 4 nitrogen and oxygen atoms in total. The lowest BCUT2D eigenvalue weighted by atomic mass is 10.2. The van der Waals surface area contributed by atoms with Gasteiger partial charge in [-0.25, -0.2) is 0 Å². The lowest BCUT2D eigenvalue weighted by molar-refractivity contribution is 0.222. The highest BCUT2D eigenvalue weighted by atomic mass is 35.5. The van der Waals surface area contributed by atoms with Gasteiger partial charge in [0.15, 0.2) is 0 Å². The minimum Gasteiger partial charge on any atom is -0.395 e. The minimum absolute atomic E-state index is 0.114. The van der Waals surface area contributed by atoms with Crippen LogP contribution in [0, 0.1) is 6.92 Å². The molecule has 1 unspecified atom stereocenters. The van der Waals surface area contributed by atoms with Crippen LogP contribution in [0.5, 0.6) is 0 Å². The summed E-state index contributed by atoms with van der Waals surface area (Å²) in [6.45, 7) is 6.93. The third kappa shape index (κ3) is 4.12. The lowest BCUT2D eigenvalue weighted by Crippen LogP contribution is -2.38. The first-order valence-corrected chi connectivity index (χ1v) is 5.97. The van der Waals surface area contributed by atoms with Crippen molar-refractivity contribution in [1.29, 1.82) is 0 Å². The van der Waals surface area contributed by atoms with Gasteiger partial charge in [-0.15, -0.1) is 0 Å². The van der Waals surface area contributed by atoms with E-state index in [1.807, 2.05) is 17.8 Å². The highest BCUT2D eigenvalue weighted by Crippen LogP contribution is 2.12. The van der Waals surface area contributed by atoms with Crippen LogP contribution < -0.4 is 5.32 Å². The lowest BCUT2D eigenvalue weighted by Gasteiger charge is -2.18. The van der Waals surface area contributed by atoms with Crippen molar-refractivity contribution in [3.8, 4) is 0 Å². The molecule has 0 spiro atoms. The molecule has 1 atom stereocenters. The Labute approximate surface area is 102 Å². The molecule has 0 bridgehead atoms. The zero-order valence-electron chi connectivity index (χ0n) is 10.1. The molecular weight excluding hydrogens is 226 g/mol. The molecule has 0 aromatic carbocycles. The summed E-state index contributed by atoms with van der Waals surface area (Å²) < 4.78 is 1.82. The molecule has 0 amide bonds. The van der Waals surface area contributed by atoms with Crippen LogP contribution in [-0.2, 0) is 6.54 Å². The van der Waals surface area contributed by atoms with Crippen LogP contribution in [0.2, 0.25) is 5.02 Å². The largest absolute Gasteiger partial charge is 0.395 e. The van der Waals surface area contributed by atoms with Gasteiger partial charge in [-0.05, 0) is 13.3 Å². The highest BCUT2D eigenvalue weighted by Gasteiger charge is 2.09. The Morgan fingerprint density at radius 3 is 2.69 bits per heavy atom. The first kappa shape index (κ1) is 13.5. The van der Waals surface area contributed by atoms with Gasteiger partial charge in [-0.1, -0.05) is 25.4 Å². The van der Waals surface area contributed by atoms with Crippen molar-refractivity contribution in [3.63, 3.8) is 0 Å². The number of halogens is 1. The first-order valence-electron chi connectivity index (χ1n) is 5.59. The second-order valence-electron chi connectivity index (χ2n) is 4.32. The molecule has 2 N–H and O–H groups in total. The molecule has 0 saturated carbocycles. The van der Waals surface area contributed by atoms with Gasteiger partial charge in [0.05, 0.1) is 17.3 Å². The van der Waals surface area contributed by atoms with E-state index in [9.17, 15) is 5.11 Å². The topological polar surface area (TPSA) is 50.1 Å². The van der Waals surface area contributed by atoms with E-state index < -0.39 is 0 Å². The van der Waals surface area contributed by atoms with Crippen molar-refractivity contribution in [2.24, 2.45) is 0 Å². The fourth-order valence-corrected chi connectivity index (χ4v) is 1.75. The third-order valence-corrected chi connectivity index (χ3v) is 2.75. The van der Waals surface area contributed by atoms with E-state index in [0.29, 0.717) is 11.1 Å².